The molecule has 0 aliphatic heterocycles. The zero-order valence-electron chi connectivity index (χ0n) is 13.8. The van der Waals surface area contributed by atoms with Gasteiger partial charge >= 0.3 is 5.97 Å². The van der Waals surface area contributed by atoms with Gasteiger partial charge in [-0.05, 0) is 33.6 Å². The number of nitrogens with zero attached hydrogens (tertiary/aromatic N) is 2. The fourth-order valence-corrected chi connectivity index (χ4v) is 2.60. The molecule has 0 unspecified atom stereocenters. The standard InChI is InChI=1S/C16H23N3O4/c1-16(2,3)23-15(20)13-9-12(19(21)22)10-17-14(13)18-11-7-5-4-6-8-11/h9-11H,4-8H2,1-3H3,(H,17,18). The van der Waals surface area contributed by atoms with Crippen molar-refractivity contribution in [2.24, 2.45) is 0 Å². The summed E-state index contributed by atoms with van der Waals surface area (Å²) in [5.74, 6) is -0.247. The van der Waals surface area contributed by atoms with Gasteiger partial charge in [-0.3, -0.25) is 10.1 Å². The molecule has 0 saturated heterocycles. The maximum Gasteiger partial charge on any atom is 0.342 e. The van der Waals surface area contributed by atoms with E-state index in [0.29, 0.717) is 5.82 Å². The second-order valence-corrected chi connectivity index (χ2v) is 6.83. The van der Waals surface area contributed by atoms with Crippen LogP contribution < -0.4 is 5.32 Å². The number of carbonyl (C=O) groups is 1. The number of ether oxygens (including phenoxy) is 1. The molecule has 1 aliphatic carbocycles. The third-order valence-corrected chi connectivity index (χ3v) is 3.65. The minimum Gasteiger partial charge on any atom is -0.456 e. The summed E-state index contributed by atoms with van der Waals surface area (Å²) in [7, 11) is 0. The summed E-state index contributed by atoms with van der Waals surface area (Å²) >= 11 is 0. The Balaban J connectivity index is 2.28. The first-order chi connectivity index (χ1) is 10.8. The predicted molar refractivity (Wildman–Crippen MR) is 86.6 cm³/mol. The minimum atomic E-state index is -0.677. The van der Waals surface area contributed by atoms with Crippen molar-refractivity contribution in [3.05, 3.63) is 27.9 Å². The van der Waals surface area contributed by atoms with Crippen LogP contribution in [-0.2, 0) is 4.74 Å². The van der Waals surface area contributed by atoms with Gasteiger partial charge in [0, 0.05) is 12.1 Å². The van der Waals surface area contributed by atoms with Gasteiger partial charge in [-0.1, -0.05) is 19.3 Å². The van der Waals surface area contributed by atoms with Gasteiger partial charge in [0.25, 0.3) is 5.69 Å². The lowest BCUT2D eigenvalue weighted by atomic mass is 9.95. The average molecular weight is 321 g/mol. The van der Waals surface area contributed by atoms with E-state index in [1.165, 1.54) is 18.7 Å². The van der Waals surface area contributed by atoms with Gasteiger partial charge < -0.3 is 10.1 Å². The Kier molecular flexibility index (Phi) is 5.18. The van der Waals surface area contributed by atoms with Gasteiger partial charge in [-0.2, -0.15) is 0 Å². The lowest BCUT2D eigenvalue weighted by Gasteiger charge is -2.25. The summed E-state index contributed by atoms with van der Waals surface area (Å²) in [6, 6.07) is 1.46. The summed E-state index contributed by atoms with van der Waals surface area (Å²) < 4.78 is 5.35. The fourth-order valence-electron chi connectivity index (χ4n) is 2.60. The van der Waals surface area contributed by atoms with E-state index in [0.717, 1.165) is 25.7 Å². The Morgan fingerprint density at radius 2 is 2.00 bits per heavy atom. The van der Waals surface area contributed by atoms with Crippen LogP contribution in [0.4, 0.5) is 11.5 Å². The number of nitrogens with one attached hydrogen (secondary N) is 1. The molecule has 1 heterocycles. The second-order valence-electron chi connectivity index (χ2n) is 6.83. The van der Waals surface area contributed by atoms with Crippen molar-refractivity contribution in [1.29, 1.82) is 0 Å². The van der Waals surface area contributed by atoms with E-state index in [9.17, 15) is 14.9 Å². The maximum absolute atomic E-state index is 12.4. The number of nitro groups is 1. The monoisotopic (exact) mass is 321 g/mol. The Morgan fingerprint density at radius 3 is 2.57 bits per heavy atom. The summed E-state index contributed by atoms with van der Waals surface area (Å²) in [5.41, 5.74) is -0.788. The first-order valence-electron chi connectivity index (χ1n) is 7.90. The molecule has 0 bridgehead atoms. The lowest BCUT2D eigenvalue weighted by molar-refractivity contribution is -0.385. The Bertz CT molecular complexity index is 589. The van der Waals surface area contributed by atoms with Gasteiger partial charge in [-0.15, -0.1) is 0 Å². The topological polar surface area (TPSA) is 94.4 Å². The zero-order chi connectivity index (χ0) is 17.0. The van der Waals surface area contributed by atoms with E-state index in [4.69, 9.17) is 4.74 Å². The molecule has 1 aromatic rings. The lowest BCUT2D eigenvalue weighted by Crippen LogP contribution is -2.27. The molecular weight excluding hydrogens is 298 g/mol. The molecule has 126 valence electrons. The van der Waals surface area contributed by atoms with Crippen LogP contribution in [0.3, 0.4) is 0 Å². The number of esters is 1. The number of rotatable bonds is 4. The Labute approximate surface area is 135 Å². The van der Waals surface area contributed by atoms with Gasteiger partial charge in [0.1, 0.15) is 23.2 Å². The molecule has 0 radical (unpaired) electrons. The summed E-state index contributed by atoms with van der Waals surface area (Å²) in [6.45, 7) is 5.26. The average Bonchev–Trinajstić information content (AvgIpc) is 2.46. The number of pyridine rings is 1. The molecule has 1 saturated carbocycles. The molecule has 0 spiro atoms. The van der Waals surface area contributed by atoms with Gasteiger partial charge in [0.05, 0.1) is 4.92 Å². The van der Waals surface area contributed by atoms with Crippen molar-refractivity contribution >= 4 is 17.5 Å². The van der Waals surface area contributed by atoms with E-state index in [1.54, 1.807) is 20.8 Å². The molecule has 23 heavy (non-hydrogen) atoms. The van der Waals surface area contributed by atoms with Crippen molar-refractivity contribution in [3.63, 3.8) is 0 Å². The first-order valence-corrected chi connectivity index (χ1v) is 7.90. The zero-order valence-corrected chi connectivity index (χ0v) is 13.8. The highest BCUT2D eigenvalue weighted by atomic mass is 16.6. The molecule has 0 aromatic carbocycles. The van der Waals surface area contributed by atoms with Gasteiger partial charge in [0.15, 0.2) is 0 Å². The highest BCUT2D eigenvalue weighted by Crippen LogP contribution is 2.26. The number of anilines is 1. The highest BCUT2D eigenvalue weighted by molar-refractivity contribution is 5.95. The maximum atomic E-state index is 12.4. The molecule has 1 aromatic heterocycles. The quantitative estimate of drug-likeness (QED) is 0.516. The molecule has 2 rings (SSSR count). The van der Waals surface area contributed by atoms with E-state index < -0.39 is 16.5 Å². The van der Waals surface area contributed by atoms with Crippen LogP contribution >= 0.6 is 0 Å². The van der Waals surface area contributed by atoms with Gasteiger partial charge in [0.2, 0.25) is 0 Å². The molecule has 0 amide bonds. The number of hydrogen-bond acceptors (Lipinski definition) is 6. The van der Waals surface area contributed by atoms with Crippen LogP contribution in [-0.4, -0.2) is 27.5 Å². The Hall–Kier alpha value is -2.18. The molecule has 7 heteroatoms. The van der Waals surface area contributed by atoms with Gasteiger partial charge in [-0.25, -0.2) is 9.78 Å². The van der Waals surface area contributed by atoms with Crippen molar-refractivity contribution in [1.82, 2.24) is 4.98 Å². The smallest absolute Gasteiger partial charge is 0.342 e. The van der Waals surface area contributed by atoms with Crippen LogP contribution in [0.25, 0.3) is 0 Å². The second kappa shape index (κ2) is 6.93. The predicted octanol–water partition coefficient (Wildman–Crippen LogP) is 3.69. The number of carbonyl (C=O) groups excluding carboxylic acids is 1. The van der Waals surface area contributed by atoms with Crippen LogP contribution in [0.2, 0.25) is 0 Å². The van der Waals surface area contributed by atoms with E-state index in [1.807, 2.05) is 0 Å². The first kappa shape index (κ1) is 17.2. The van der Waals surface area contributed by atoms with Crippen LogP contribution in [0.15, 0.2) is 12.3 Å². The minimum absolute atomic E-state index is 0.111. The number of hydrogen-bond donors (Lipinski definition) is 1. The molecule has 7 nitrogen and oxygen atoms in total. The largest absolute Gasteiger partial charge is 0.456 e. The number of aromatic nitrogens is 1. The molecule has 1 aliphatic rings. The molecule has 0 atom stereocenters. The van der Waals surface area contributed by atoms with E-state index in [2.05, 4.69) is 10.3 Å². The SMILES string of the molecule is CC(C)(C)OC(=O)c1cc([N+](=O)[O-])cnc1NC1CCCCC1. The summed E-state index contributed by atoms with van der Waals surface area (Å²) in [5, 5.41) is 14.2. The third-order valence-electron chi connectivity index (χ3n) is 3.65. The van der Waals surface area contributed by atoms with Crippen molar-refractivity contribution < 1.29 is 14.5 Å². The summed E-state index contributed by atoms with van der Waals surface area (Å²) in [6.07, 6.45) is 6.65. The normalized spacial score (nSPS) is 16.0. The van der Waals surface area contributed by atoms with E-state index in [-0.39, 0.29) is 17.3 Å². The Morgan fingerprint density at radius 1 is 1.35 bits per heavy atom. The fraction of sp³-hybridized carbons (Fsp3) is 0.625. The van der Waals surface area contributed by atoms with Crippen LogP contribution in [0.1, 0.15) is 63.2 Å². The van der Waals surface area contributed by atoms with Crippen molar-refractivity contribution in [2.75, 3.05) is 5.32 Å². The molecule has 1 fully saturated rings. The van der Waals surface area contributed by atoms with Crippen molar-refractivity contribution in [3.8, 4) is 0 Å². The van der Waals surface area contributed by atoms with Crippen LogP contribution in [0, 0.1) is 10.1 Å². The molecule has 1 N–H and O–H groups in total. The molecular formula is C16H23N3O4. The van der Waals surface area contributed by atoms with E-state index >= 15 is 0 Å². The summed E-state index contributed by atoms with van der Waals surface area (Å²) in [4.78, 5) is 26.9. The van der Waals surface area contributed by atoms with Crippen LogP contribution in [0.5, 0.6) is 0 Å². The third kappa shape index (κ3) is 4.91. The highest BCUT2D eigenvalue weighted by Gasteiger charge is 2.25. The van der Waals surface area contributed by atoms with Crippen molar-refractivity contribution in [2.45, 2.75) is 64.5 Å².